The summed E-state index contributed by atoms with van der Waals surface area (Å²) in [4.78, 5) is 0. The number of hydrogen-bond donors (Lipinski definition) is 1. The van der Waals surface area contributed by atoms with E-state index >= 15 is 0 Å². The average Bonchev–Trinajstić information content (AvgIpc) is 3.07. The number of hydrogen-bond acceptors (Lipinski definition) is 1. The van der Waals surface area contributed by atoms with E-state index in [2.05, 4.69) is 5.32 Å². The molecule has 0 aliphatic heterocycles. The van der Waals surface area contributed by atoms with Crippen LogP contribution in [0, 0.1) is 12.8 Å². The highest BCUT2D eigenvalue weighted by Crippen LogP contribution is 2.33. The molecule has 0 bridgehead atoms. The molecule has 1 aliphatic carbocycles. The van der Waals surface area contributed by atoms with E-state index in [1.54, 1.807) is 13.0 Å². The standard InChI is InChI=1S/C21H24F3N/c1-15-9-19(12-20(10-15)21(22,23)24)18-8-4-7-17(11-18)14-25-13-16-5-2-3-6-16/h4,7-12,16,25H,2-3,5-6,13-14H2,1H3. The van der Waals surface area contributed by atoms with Gasteiger partial charge in [-0.05, 0) is 72.7 Å². The summed E-state index contributed by atoms with van der Waals surface area (Å²) in [6.45, 7) is 3.47. The lowest BCUT2D eigenvalue weighted by Crippen LogP contribution is -2.20. The van der Waals surface area contributed by atoms with Gasteiger partial charge in [0.2, 0.25) is 0 Å². The first-order chi connectivity index (χ1) is 11.9. The summed E-state index contributed by atoms with van der Waals surface area (Å²) >= 11 is 0. The van der Waals surface area contributed by atoms with Crippen LogP contribution in [0.4, 0.5) is 13.2 Å². The van der Waals surface area contributed by atoms with Gasteiger partial charge < -0.3 is 5.32 Å². The topological polar surface area (TPSA) is 12.0 Å². The Morgan fingerprint density at radius 2 is 1.76 bits per heavy atom. The molecule has 134 valence electrons. The maximum absolute atomic E-state index is 13.0. The third kappa shape index (κ3) is 4.85. The minimum absolute atomic E-state index is 0.590. The minimum Gasteiger partial charge on any atom is -0.312 e. The number of alkyl halides is 3. The zero-order valence-corrected chi connectivity index (χ0v) is 14.5. The Bertz CT molecular complexity index is 715. The van der Waals surface area contributed by atoms with Gasteiger partial charge in [-0.25, -0.2) is 0 Å². The number of rotatable bonds is 5. The van der Waals surface area contributed by atoms with Gasteiger partial charge in [-0.3, -0.25) is 0 Å². The van der Waals surface area contributed by atoms with Crippen molar-refractivity contribution in [2.45, 2.75) is 45.3 Å². The minimum atomic E-state index is -4.32. The molecule has 0 spiro atoms. The Morgan fingerprint density at radius 3 is 2.48 bits per heavy atom. The van der Waals surface area contributed by atoms with Gasteiger partial charge in [-0.2, -0.15) is 13.2 Å². The summed E-state index contributed by atoms with van der Waals surface area (Å²) in [7, 11) is 0. The van der Waals surface area contributed by atoms with Crippen molar-refractivity contribution < 1.29 is 13.2 Å². The van der Waals surface area contributed by atoms with Gasteiger partial charge in [-0.1, -0.05) is 37.1 Å². The second kappa shape index (κ2) is 7.61. The maximum Gasteiger partial charge on any atom is 0.416 e. The molecule has 3 rings (SSSR count). The zero-order valence-electron chi connectivity index (χ0n) is 14.5. The van der Waals surface area contributed by atoms with E-state index < -0.39 is 11.7 Å². The van der Waals surface area contributed by atoms with Crippen LogP contribution in [0.3, 0.4) is 0 Å². The third-order valence-electron chi connectivity index (χ3n) is 4.90. The SMILES string of the molecule is Cc1cc(-c2cccc(CNCC3CCCC3)c2)cc(C(F)(F)F)c1. The van der Waals surface area contributed by atoms with Crippen molar-refractivity contribution in [1.82, 2.24) is 5.32 Å². The highest BCUT2D eigenvalue weighted by atomic mass is 19.4. The molecule has 2 aromatic rings. The van der Waals surface area contributed by atoms with Crippen molar-refractivity contribution in [3.8, 4) is 11.1 Å². The number of benzene rings is 2. The lowest BCUT2D eigenvalue weighted by molar-refractivity contribution is -0.137. The quantitative estimate of drug-likeness (QED) is 0.703. The predicted molar refractivity (Wildman–Crippen MR) is 95.3 cm³/mol. The highest BCUT2D eigenvalue weighted by Gasteiger charge is 2.31. The lowest BCUT2D eigenvalue weighted by Gasteiger charge is -2.13. The zero-order chi connectivity index (χ0) is 17.9. The molecule has 0 amide bonds. The van der Waals surface area contributed by atoms with Gasteiger partial charge in [0.25, 0.3) is 0 Å². The molecule has 1 fully saturated rings. The van der Waals surface area contributed by atoms with E-state index in [1.165, 1.54) is 37.8 Å². The van der Waals surface area contributed by atoms with Crippen LogP contribution in [0.15, 0.2) is 42.5 Å². The van der Waals surface area contributed by atoms with Crippen molar-refractivity contribution in [2.24, 2.45) is 5.92 Å². The Kier molecular flexibility index (Phi) is 5.48. The number of aryl methyl sites for hydroxylation is 1. The average molecular weight is 347 g/mol. The van der Waals surface area contributed by atoms with Gasteiger partial charge in [-0.15, -0.1) is 0 Å². The fraction of sp³-hybridized carbons (Fsp3) is 0.429. The van der Waals surface area contributed by atoms with Crippen LogP contribution in [-0.4, -0.2) is 6.54 Å². The van der Waals surface area contributed by atoms with Crippen LogP contribution in [-0.2, 0) is 12.7 Å². The Balaban J connectivity index is 1.73. The van der Waals surface area contributed by atoms with Crippen LogP contribution in [0.1, 0.15) is 42.4 Å². The van der Waals surface area contributed by atoms with Crippen LogP contribution in [0.2, 0.25) is 0 Å². The molecule has 0 radical (unpaired) electrons. The van der Waals surface area contributed by atoms with E-state index in [4.69, 9.17) is 0 Å². The monoisotopic (exact) mass is 347 g/mol. The van der Waals surface area contributed by atoms with Crippen LogP contribution in [0.25, 0.3) is 11.1 Å². The molecular weight excluding hydrogens is 323 g/mol. The second-order valence-electron chi connectivity index (χ2n) is 7.07. The molecule has 0 unspecified atom stereocenters. The van der Waals surface area contributed by atoms with Crippen LogP contribution in [0.5, 0.6) is 0 Å². The Morgan fingerprint density at radius 1 is 1.00 bits per heavy atom. The molecule has 0 aromatic heterocycles. The fourth-order valence-electron chi connectivity index (χ4n) is 3.61. The van der Waals surface area contributed by atoms with Crippen molar-refractivity contribution in [3.05, 3.63) is 59.2 Å². The van der Waals surface area contributed by atoms with Crippen molar-refractivity contribution in [3.63, 3.8) is 0 Å². The van der Waals surface area contributed by atoms with Crippen molar-refractivity contribution >= 4 is 0 Å². The van der Waals surface area contributed by atoms with E-state index in [1.807, 2.05) is 24.3 Å². The van der Waals surface area contributed by atoms with E-state index in [0.29, 0.717) is 11.1 Å². The summed E-state index contributed by atoms with van der Waals surface area (Å²) in [6, 6.07) is 12.0. The second-order valence-corrected chi connectivity index (χ2v) is 7.07. The van der Waals surface area contributed by atoms with Crippen LogP contribution < -0.4 is 5.32 Å². The van der Waals surface area contributed by atoms with Gasteiger partial charge in [0.1, 0.15) is 0 Å². The first-order valence-corrected chi connectivity index (χ1v) is 8.91. The molecule has 1 aliphatic rings. The third-order valence-corrected chi connectivity index (χ3v) is 4.90. The fourth-order valence-corrected chi connectivity index (χ4v) is 3.61. The number of nitrogens with one attached hydrogen (secondary N) is 1. The molecule has 25 heavy (non-hydrogen) atoms. The lowest BCUT2D eigenvalue weighted by atomic mass is 9.98. The number of halogens is 3. The van der Waals surface area contributed by atoms with Gasteiger partial charge >= 0.3 is 6.18 Å². The molecule has 0 heterocycles. The van der Waals surface area contributed by atoms with E-state index in [-0.39, 0.29) is 0 Å². The molecular formula is C21H24F3N. The highest BCUT2D eigenvalue weighted by molar-refractivity contribution is 5.66. The molecule has 1 nitrogen and oxygen atoms in total. The molecule has 0 saturated heterocycles. The summed E-state index contributed by atoms with van der Waals surface area (Å²) in [5, 5.41) is 3.49. The molecule has 1 saturated carbocycles. The summed E-state index contributed by atoms with van der Waals surface area (Å²) in [5.41, 5.74) is 2.58. The van der Waals surface area contributed by atoms with Gasteiger partial charge in [0.05, 0.1) is 5.56 Å². The summed E-state index contributed by atoms with van der Waals surface area (Å²) < 4.78 is 39.1. The smallest absolute Gasteiger partial charge is 0.312 e. The van der Waals surface area contributed by atoms with Crippen molar-refractivity contribution in [2.75, 3.05) is 6.54 Å². The van der Waals surface area contributed by atoms with E-state index in [9.17, 15) is 13.2 Å². The molecule has 1 N–H and O–H groups in total. The largest absolute Gasteiger partial charge is 0.416 e. The first kappa shape index (κ1) is 18.0. The molecule has 0 atom stereocenters. The summed E-state index contributed by atoms with van der Waals surface area (Å²) in [6.07, 6.45) is 0.946. The maximum atomic E-state index is 13.0. The van der Waals surface area contributed by atoms with Crippen molar-refractivity contribution in [1.29, 1.82) is 0 Å². The predicted octanol–water partition coefficient (Wildman–Crippen LogP) is 5.96. The Hall–Kier alpha value is -1.81. The molecule has 2 aromatic carbocycles. The van der Waals surface area contributed by atoms with E-state index in [0.717, 1.165) is 30.1 Å². The van der Waals surface area contributed by atoms with Gasteiger partial charge in [0.15, 0.2) is 0 Å². The Labute approximate surface area is 147 Å². The normalized spacial score (nSPS) is 15.7. The first-order valence-electron chi connectivity index (χ1n) is 8.91. The molecule has 4 heteroatoms. The summed E-state index contributed by atoms with van der Waals surface area (Å²) in [5.74, 6) is 0.772. The van der Waals surface area contributed by atoms with Gasteiger partial charge in [0, 0.05) is 6.54 Å². The van der Waals surface area contributed by atoms with Crippen LogP contribution >= 0.6 is 0 Å².